The van der Waals surface area contributed by atoms with Crippen LogP contribution in [0.15, 0.2) is 237 Å². The molecule has 14 rings (SSSR count). The number of rotatable bonds is 11. The molecule has 0 unspecified atom stereocenters. The molecule has 1 aromatic heterocycles. The van der Waals surface area contributed by atoms with E-state index in [0.717, 1.165) is 39.6 Å². The predicted molar refractivity (Wildman–Crippen MR) is 355 cm³/mol. The highest BCUT2D eigenvalue weighted by atomic mass is 15.1. The smallest absolute Gasteiger partial charge is 0.0541 e. The molecule has 83 heavy (non-hydrogen) atoms. The van der Waals surface area contributed by atoms with E-state index in [1.165, 1.54) is 111 Å². The van der Waals surface area contributed by atoms with Crippen LogP contribution in [0, 0.1) is 27.7 Å². The number of nitrogens with zero attached hydrogens (tertiary/aromatic N) is 3. The number of aromatic nitrogens is 1. The van der Waals surface area contributed by atoms with Crippen LogP contribution in [0.2, 0.25) is 0 Å². The third-order valence-corrected chi connectivity index (χ3v) is 17.7. The minimum absolute atomic E-state index is 0.194. The van der Waals surface area contributed by atoms with Crippen molar-refractivity contribution in [1.82, 2.24) is 4.57 Å². The first kappa shape index (κ1) is 51.4. The van der Waals surface area contributed by atoms with E-state index in [1.54, 1.807) is 0 Å². The number of hydrogen-bond donors (Lipinski definition) is 0. The molecule has 0 saturated heterocycles. The Kier molecular flexibility index (Phi) is 12.4. The highest BCUT2D eigenvalue weighted by Crippen LogP contribution is 2.53. The topological polar surface area (TPSA) is 11.4 Å². The fraction of sp³-hybridized carbons (Fsp3) is 0.125. The third kappa shape index (κ3) is 9.09. The molecule has 0 bridgehead atoms. The van der Waals surface area contributed by atoms with Gasteiger partial charge in [0.2, 0.25) is 0 Å². The van der Waals surface area contributed by atoms with Crippen LogP contribution in [0.4, 0.5) is 34.1 Å². The molecule has 402 valence electrons. The highest BCUT2D eigenvalue weighted by Gasteiger charge is 2.38. The molecule has 0 aliphatic heterocycles. The fourth-order valence-electron chi connectivity index (χ4n) is 13.4. The van der Waals surface area contributed by atoms with E-state index in [0.29, 0.717) is 0 Å². The van der Waals surface area contributed by atoms with E-state index < -0.39 is 0 Å². The Morgan fingerprint density at radius 2 is 0.602 bits per heavy atom. The molecule has 0 radical (unpaired) electrons. The molecule has 3 heteroatoms. The van der Waals surface area contributed by atoms with E-state index in [2.05, 4.69) is 331 Å². The Morgan fingerprint density at radius 1 is 0.289 bits per heavy atom. The summed E-state index contributed by atoms with van der Waals surface area (Å²) in [5.74, 6) is 0. The van der Waals surface area contributed by atoms with Gasteiger partial charge in [0.05, 0.1) is 11.0 Å². The Bertz CT molecular complexity index is 4250. The van der Waals surface area contributed by atoms with Crippen LogP contribution in [0.3, 0.4) is 0 Å². The van der Waals surface area contributed by atoms with Gasteiger partial charge < -0.3 is 14.4 Å². The lowest BCUT2D eigenvalue weighted by molar-refractivity contribution is 0.660. The molecule has 0 amide bonds. The van der Waals surface area contributed by atoms with Crippen LogP contribution in [0.25, 0.3) is 74.1 Å². The van der Waals surface area contributed by atoms with Crippen molar-refractivity contribution < 1.29 is 0 Å². The van der Waals surface area contributed by atoms with Gasteiger partial charge in [-0.05, 0) is 226 Å². The largest absolute Gasteiger partial charge is 0.310 e. The lowest BCUT2D eigenvalue weighted by Gasteiger charge is -2.28. The molecule has 0 N–H and O–H groups in total. The number of hydrogen-bond acceptors (Lipinski definition) is 2. The van der Waals surface area contributed by atoms with Gasteiger partial charge in [-0.1, -0.05) is 179 Å². The summed E-state index contributed by atoms with van der Waals surface area (Å²) in [6.45, 7) is 18.2. The SMILES string of the molecule is Cc1cccc(N(c2cccc(C)c2)c2ccc3c(c2)C(C)(C)c2cc(/C=C/c4ccc5c(c4)c4cc(/C=C/c6ccc7c(c6)C(C)(C)c6cc(N(c8cccc(C)c8)c8cccc(C)c8)ccc6-7)ccc4n5-c4ccccc4)ccc2-3)c1. The van der Waals surface area contributed by atoms with Gasteiger partial charge in [0.15, 0.2) is 0 Å². The van der Waals surface area contributed by atoms with Gasteiger partial charge in [-0.15, -0.1) is 0 Å². The van der Waals surface area contributed by atoms with Crippen LogP contribution < -0.4 is 9.80 Å². The predicted octanol–water partition coefficient (Wildman–Crippen LogP) is 21.9. The lowest BCUT2D eigenvalue weighted by atomic mass is 9.81. The fourth-order valence-corrected chi connectivity index (χ4v) is 13.4. The lowest BCUT2D eigenvalue weighted by Crippen LogP contribution is -2.16. The van der Waals surface area contributed by atoms with Crippen molar-refractivity contribution in [3.8, 4) is 27.9 Å². The standard InChI is InChI=1S/C80H67N3/c1-52-16-12-22-61(42-52)81(62-23-13-17-53(2)43-62)65-34-38-69-67-36-30-58(48-73(67)79(5,6)75(69)50-65)28-26-56-32-40-77-71(46-56)72-47-57(33-41-78(72)83(77)60-20-10-9-11-21-60)27-29-59-31-37-68-70-39-35-66(51-76(70)80(7,8)74(68)49-59)82(63-24-14-18-54(3)44-63)64-25-15-19-55(4)45-64/h9-51H,1-8H3/b28-26+,29-27+. The molecule has 2 aliphatic carbocycles. The van der Waals surface area contributed by atoms with Crippen LogP contribution in [-0.4, -0.2) is 4.57 Å². The van der Waals surface area contributed by atoms with Crippen molar-refractivity contribution in [3.63, 3.8) is 0 Å². The molecular formula is C80H67N3. The van der Waals surface area contributed by atoms with E-state index in [9.17, 15) is 0 Å². The second-order valence-electron chi connectivity index (χ2n) is 24.2. The third-order valence-electron chi connectivity index (χ3n) is 17.7. The van der Waals surface area contributed by atoms with Crippen LogP contribution in [0.5, 0.6) is 0 Å². The summed E-state index contributed by atoms with van der Waals surface area (Å²) in [6, 6.07) is 88.1. The summed E-state index contributed by atoms with van der Waals surface area (Å²) in [4.78, 5) is 4.80. The zero-order valence-electron chi connectivity index (χ0n) is 48.7. The van der Waals surface area contributed by atoms with Gasteiger partial charge in [0, 0.05) is 61.4 Å². The Hall–Kier alpha value is -9.70. The average Bonchev–Trinajstić information content (AvgIpc) is 2.88. The van der Waals surface area contributed by atoms with Crippen molar-refractivity contribution in [2.24, 2.45) is 0 Å². The molecule has 0 saturated carbocycles. The minimum atomic E-state index is -0.194. The molecule has 11 aromatic carbocycles. The Morgan fingerprint density at radius 3 is 0.964 bits per heavy atom. The summed E-state index contributed by atoms with van der Waals surface area (Å²) < 4.78 is 2.41. The second kappa shape index (κ2) is 20.1. The molecule has 0 spiro atoms. The number of para-hydroxylation sites is 1. The maximum atomic E-state index is 2.42. The molecule has 0 atom stereocenters. The molecular weight excluding hydrogens is 1000 g/mol. The van der Waals surface area contributed by atoms with Gasteiger partial charge in [-0.2, -0.15) is 0 Å². The minimum Gasteiger partial charge on any atom is -0.310 e. The van der Waals surface area contributed by atoms with Crippen molar-refractivity contribution >= 4 is 80.2 Å². The maximum Gasteiger partial charge on any atom is 0.0541 e. The molecule has 0 fully saturated rings. The summed E-state index contributed by atoms with van der Waals surface area (Å²) in [6.07, 6.45) is 9.14. The van der Waals surface area contributed by atoms with Crippen LogP contribution in [-0.2, 0) is 10.8 Å². The average molecular weight is 1070 g/mol. The van der Waals surface area contributed by atoms with Crippen molar-refractivity contribution in [2.75, 3.05) is 9.80 Å². The number of anilines is 6. The molecule has 2 aliphatic rings. The van der Waals surface area contributed by atoms with Gasteiger partial charge in [0.25, 0.3) is 0 Å². The van der Waals surface area contributed by atoms with E-state index in [-0.39, 0.29) is 10.8 Å². The number of aryl methyl sites for hydroxylation is 4. The van der Waals surface area contributed by atoms with Crippen molar-refractivity contribution in [2.45, 2.75) is 66.2 Å². The zero-order valence-corrected chi connectivity index (χ0v) is 48.7. The van der Waals surface area contributed by atoms with Gasteiger partial charge >= 0.3 is 0 Å². The summed E-state index contributed by atoms with van der Waals surface area (Å²) in [5, 5.41) is 2.46. The second-order valence-corrected chi connectivity index (χ2v) is 24.2. The Labute approximate surface area is 489 Å². The summed E-state index contributed by atoms with van der Waals surface area (Å²) in [5.41, 5.74) is 30.4. The normalized spacial score (nSPS) is 13.6. The van der Waals surface area contributed by atoms with Crippen LogP contribution >= 0.6 is 0 Å². The first-order chi connectivity index (χ1) is 40.2. The number of fused-ring (bicyclic) bond motifs is 9. The maximum absolute atomic E-state index is 2.42. The molecule has 3 nitrogen and oxygen atoms in total. The van der Waals surface area contributed by atoms with Gasteiger partial charge in [0.1, 0.15) is 0 Å². The summed E-state index contributed by atoms with van der Waals surface area (Å²) >= 11 is 0. The van der Waals surface area contributed by atoms with Crippen LogP contribution in [0.1, 0.15) is 94.5 Å². The summed E-state index contributed by atoms with van der Waals surface area (Å²) in [7, 11) is 0. The molecule has 1 heterocycles. The van der Waals surface area contributed by atoms with E-state index in [1.807, 2.05) is 0 Å². The Balaban J connectivity index is 0.763. The highest BCUT2D eigenvalue weighted by molar-refractivity contribution is 6.11. The van der Waals surface area contributed by atoms with Gasteiger partial charge in [-0.25, -0.2) is 0 Å². The van der Waals surface area contributed by atoms with Crippen molar-refractivity contribution in [3.05, 3.63) is 303 Å². The quantitative estimate of drug-likeness (QED) is 0.120. The monoisotopic (exact) mass is 1070 g/mol. The van der Waals surface area contributed by atoms with Gasteiger partial charge in [-0.3, -0.25) is 0 Å². The number of benzene rings is 11. The first-order valence-corrected chi connectivity index (χ1v) is 29.2. The van der Waals surface area contributed by atoms with E-state index in [4.69, 9.17) is 0 Å². The van der Waals surface area contributed by atoms with E-state index >= 15 is 0 Å². The molecule has 12 aromatic rings. The zero-order chi connectivity index (χ0) is 56.7. The van der Waals surface area contributed by atoms with Crippen molar-refractivity contribution in [1.29, 1.82) is 0 Å². The first-order valence-electron chi connectivity index (χ1n) is 29.2.